The van der Waals surface area contributed by atoms with Gasteiger partial charge in [0.15, 0.2) is 5.78 Å². The maximum Gasteiger partial charge on any atom is 0.336 e. The van der Waals surface area contributed by atoms with Crippen LogP contribution >= 0.6 is 11.6 Å². The summed E-state index contributed by atoms with van der Waals surface area (Å²) in [5.74, 6) is -0.0407. The average molecular weight is 508 g/mol. The van der Waals surface area contributed by atoms with E-state index in [1.165, 1.54) is 0 Å². The van der Waals surface area contributed by atoms with Crippen molar-refractivity contribution in [2.75, 3.05) is 6.61 Å². The van der Waals surface area contributed by atoms with E-state index in [-0.39, 0.29) is 23.7 Å². The van der Waals surface area contributed by atoms with Crippen molar-refractivity contribution in [1.29, 1.82) is 0 Å². The minimum atomic E-state index is -0.561. The summed E-state index contributed by atoms with van der Waals surface area (Å²) in [4.78, 5) is 27.2. The maximum atomic E-state index is 13.8. The largest absolute Gasteiger partial charge is 0.491 e. The van der Waals surface area contributed by atoms with Gasteiger partial charge in [-0.1, -0.05) is 55.8 Å². The van der Waals surface area contributed by atoms with Crippen molar-refractivity contribution in [3.63, 3.8) is 0 Å². The Morgan fingerprint density at radius 1 is 1.06 bits per heavy atom. The fourth-order valence-corrected chi connectivity index (χ4v) is 5.12. The maximum absolute atomic E-state index is 13.8. The van der Waals surface area contributed by atoms with Crippen molar-refractivity contribution in [2.24, 2.45) is 5.92 Å². The molecular formula is C30H34ClNO4. The molecule has 1 N–H and O–H groups in total. The zero-order chi connectivity index (χ0) is 26.0. The van der Waals surface area contributed by atoms with Gasteiger partial charge in [0.1, 0.15) is 5.75 Å². The van der Waals surface area contributed by atoms with Crippen molar-refractivity contribution in [3.05, 3.63) is 87.2 Å². The normalized spacial score (nSPS) is 19.9. The minimum absolute atomic E-state index is 0.0229. The van der Waals surface area contributed by atoms with E-state index >= 15 is 0 Å². The van der Waals surface area contributed by atoms with Crippen LogP contribution in [0, 0.1) is 5.92 Å². The number of para-hydroxylation sites is 1. The molecule has 6 heteroatoms. The Hall–Kier alpha value is -3.05. The topological polar surface area (TPSA) is 64.6 Å². The number of hydrogen-bond donors (Lipinski definition) is 1. The number of allylic oxidation sites excluding steroid dienone is 3. The van der Waals surface area contributed by atoms with Crippen LogP contribution in [0.15, 0.2) is 71.1 Å². The summed E-state index contributed by atoms with van der Waals surface area (Å²) in [5.41, 5.74) is 4.53. The summed E-state index contributed by atoms with van der Waals surface area (Å²) in [6.07, 6.45) is 0.969. The number of dihydropyridines is 1. The molecule has 2 aliphatic rings. The van der Waals surface area contributed by atoms with Gasteiger partial charge in [-0.3, -0.25) is 4.79 Å². The third-order valence-corrected chi connectivity index (χ3v) is 6.78. The first-order chi connectivity index (χ1) is 17.2. The Balaban J connectivity index is 1.81. The van der Waals surface area contributed by atoms with Crippen LogP contribution in [0.4, 0.5) is 0 Å². The Morgan fingerprint density at radius 2 is 1.75 bits per heavy atom. The summed E-state index contributed by atoms with van der Waals surface area (Å²) in [7, 11) is 0. The number of ether oxygens (including phenoxy) is 2. The SMILES string of the molecule is CC1=C(C(=O)OCC(C)C)[C@@H](c2ccccc2OC(C)C)C2=C(C[C@@H](c3ccc(Cl)cc3)CC2=O)N1. The molecule has 0 radical (unpaired) electrons. The van der Waals surface area contributed by atoms with Gasteiger partial charge in [0, 0.05) is 34.0 Å². The highest BCUT2D eigenvalue weighted by molar-refractivity contribution is 6.30. The third-order valence-electron chi connectivity index (χ3n) is 6.53. The molecular weight excluding hydrogens is 474 g/mol. The van der Waals surface area contributed by atoms with Crippen LogP contribution in [0.1, 0.15) is 70.4 Å². The van der Waals surface area contributed by atoms with Crippen LogP contribution in [0.25, 0.3) is 0 Å². The first-order valence-corrected chi connectivity index (χ1v) is 13.0. The molecule has 0 fully saturated rings. The molecule has 0 saturated carbocycles. The second-order valence-electron chi connectivity index (χ2n) is 10.3. The van der Waals surface area contributed by atoms with Crippen molar-refractivity contribution in [1.82, 2.24) is 5.32 Å². The number of rotatable bonds is 7. The van der Waals surface area contributed by atoms with Gasteiger partial charge in [-0.05, 0) is 62.8 Å². The third kappa shape index (κ3) is 5.52. The van der Waals surface area contributed by atoms with E-state index in [0.29, 0.717) is 47.1 Å². The van der Waals surface area contributed by atoms with E-state index in [0.717, 1.165) is 16.8 Å². The van der Waals surface area contributed by atoms with Crippen LogP contribution in [0.3, 0.4) is 0 Å². The summed E-state index contributed by atoms with van der Waals surface area (Å²) in [5, 5.41) is 4.08. The monoisotopic (exact) mass is 507 g/mol. The standard InChI is InChI=1S/C30H34ClNO4/c1-17(2)16-35-30(34)27-19(5)32-24-14-21(20-10-12-22(31)13-11-20)15-25(33)29(24)28(27)23-8-6-7-9-26(23)36-18(3)4/h6-13,17-18,21,28,32H,14-16H2,1-5H3/t21-,28-/m1/s1. The molecule has 190 valence electrons. The molecule has 0 unspecified atom stereocenters. The van der Waals surface area contributed by atoms with Crippen LogP contribution in [-0.2, 0) is 14.3 Å². The summed E-state index contributed by atoms with van der Waals surface area (Å²) in [6, 6.07) is 15.3. The number of nitrogens with one attached hydrogen (secondary N) is 1. The van der Waals surface area contributed by atoms with E-state index in [1.807, 2.05) is 83.1 Å². The van der Waals surface area contributed by atoms with Crippen molar-refractivity contribution >= 4 is 23.4 Å². The second kappa shape index (κ2) is 10.9. The molecule has 0 saturated heterocycles. The van der Waals surface area contributed by atoms with E-state index in [9.17, 15) is 9.59 Å². The predicted octanol–water partition coefficient (Wildman–Crippen LogP) is 6.69. The Kier molecular flexibility index (Phi) is 7.89. The Labute approximate surface area is 218 Å². The van der Waals surface area contributed by atoms with Gasteiger partial charge in [-0.2, -0.15) is 0 Å². The van der Waals surface area contributed by atoms with Gasteiger partial charge < -0.3 is 14.8 Å². The lowest BCUT2D eigenvalue weighted by molar-refractivity contribution is -0.140. The van der Waals surface area contributed by atoms with Gasteiger partial charge in [-0.15, -0.1) is 0 Å². The van der Waals surface area contributed by atoms with Crippen LogP contribution in [-0.4, -0.2) is 24.5 Å². The lowest BCUT2D eigenvalue weighted by Gasteiger charge is -2.37. The number of esters is 1. The molecule has 1 aliphatic heterocycles. The van der Waals surface area contributed by atoms with Crippen LogP contribution in [0.5, 0.6) is 5.75 Å². The molecule has 0 spiro atoms. The fraction of sp³-hybridized carbons (Fsp3) is 0.400. The quantitative estimate of drug-likeness (QED) is 0.423. The number of carbonyl (C=O) groups is 2. The molecule has 5 nitrogen and oxygen atoms in total. The summed E-state index contributed by atoms with van der Waals surface area (Å²) >= 11 is 6.09. The van der Waals surface area contributed by atoms with E-state index in [1.54, 1.807) is 0 Å². The van der Waals surface area contributed by atoms with Crippen molar-refractivity contribution in [3.8, 4) is 5.75 Å². The van der Waals surface area contributed by atoms with Crippen molar-refractivity contribution in [2.45, 2.75) is 65.4 Å². The summed E-state index contributed by atoms with van der Waals surface area (Å²) < 4.78 is 11.8. The minimum Gasteiger partial charge on any atom is -0.491 e. The number of hydrogen-bond acceptors (Lipinski definition) is 5. The van der Waals surface area contributed by atoms with Gasteiger partial charge >= 0.3 is 5.97 Å². The van der Waals surface area contributed by atoms with Gasteiger partial charge in [0.25, 0.3) is 0 Å². The lowest BCUT2D eigenvalue weighted by atomic mass is 9.71. The smallest absolute Gasteiger partial charge is 0.336 e. The number of benzene rings is 2. The molecule has 2 aromatic carbocycles. The highest BCUT2D eigenvalue weighted by Gasteiger charge is 2.42. The molecule has 2 aromatic rings. The number of ketones is 1. The predicted molar refractivity (Wildman–Crippen MR) is 142 cm³/mol. The molecule has 1 heterocycles. The Bertz CT molecular complexity index is 1210. The first kappa shape index (κ1) is 26.0. The average Bonchev–Trinajstić information content (AvgIpc) is 2.82. The van der Waals surface area contributed by atoms with E-state index in [2.05, 4.69) is 5.32 Å². The Morgan fingerprint density at radius 3 is 2.42 bits per heavy atom. The van der Waals surface area contributed by atoms with Gasteiger partial charge in [-0.25, -0.2) is 4.79 Å². The van der Waals surface area contributed by atoms with Crippen molar-refractivity contribution < 1.29 is 19.1 Å². The molecule has 0 aromatic heterocycles. The number of halogens is 1. The molecule has 1 aliphatic carbocycles. The van der Waals surface area contributed by atoms with Crippen LogP contribution < -0.4 is 10.1 Å². The van der Waals surface area contributed by atoms with Gasteiger partial charge in [0.05, 0.1) is 24.2 Å². The highest BCUT2D eigenvalue weighted by atomic mass is 35.5. The lowest BCUT2D eigenvalue weighted by Crippen LogP contribution is -2.36. The molecule has 4 rings (SSSR count). The molecule has 0 bridgehead atoms. The van der Waals surface area contributed by atoms with Gasteiger partial charge in [0.2, 0.25) is 0 Å². The molecule has 0 amide bonds. The number of Topliss-reactive ketones (excluding diaryl/α,β-unsaturated/α-hetero) is 1. The first-order valence-electron chi connectivity index (χ1n) is 12.6. The zero-order valence-corrected chi connectivity index (χ0v) is 22.3. The van der Waals surface area contributed by atoms with Crippen LogP contribution in [0.2, 0.25) is 5.02 Å². The fourth-order valence-electron chi connectivity index (χ4n) is 4.99. The highest BCUT2D eigenvalue weighted by Crippen LogP contribution is 2.47. The van der Waals surface area contributed by atoms with E-state index in [4.69, 9.17) is 21.1 Å². The molecule has 2 atom stereocenters. The molecule has 36 heavy (non-hydrogen) atoms. The second-order valence-corrected chi connectivity index (χ2v) is 10.7. The van der Waals surface area contributed by atoms with E-state index < -0.39 is 11.9 Å². The summed E-state index contributed by atoms with van der Waals surface area (Å²) in [6.45, 7) is 10.1. The number of carbonyl (C=O) groups excluding carboxylic acids is 2. The zero-order valence-electron chi connectivity index (χ0n) is 21.6.